The first-order valence-electron chi connectivity index (χ1n) is 8.37. The number of hydrogen-bond donors (Lipinski definition) is 0. The topological polar surface area (TPSA) is 3.88 Å². The van der Waals surface area contributed by atoms with Gasteiger partial charge in [-0.25, -0.2) is 4.57 Å². The summed E-state index contributed by atoms with van der Waals surface area (Å²) in [7, 11) is 0. The highest BCUT2D eigenvalue weighted by Gasteiger charge is 2.07. The molecule has 1 aromatic heterocycles. The lowest BCUT2D eigenvalue weighted by Crippen LogP contribution is -2.34. The maximum Gasteiger partial charge on any atom is 0.171 e. The zero-order valence-electron chi connectivity index (χ0n) is 13.5. The van der Waals surface area contributed by atoms with E-state index in [0.29, 0.717) is 0 Å². The molecule has 0 radical (unpaired) electrons. The number of aromatic nitrogens is 1. The molecule has 0 aliphatic heterocycles. The van der Waals surface area contributed by atoms with Gasteiger partial charge in [0.1, 0.15) is 6.54 Å². The molecule has 0 atom stereocenters. The Balaban J connectivity index is 1.97. The van der Waals surface area contributed by atoms with Gasteiger partial charge in [-0.1, -0.05) is 57.0 Å². The second-order valence-electron chi connectivity index (χ2n) is 5.88. The van der Waals surface area contributed by atoms with Gasteiger partial charge >= 0.3 is 0 Å². The maximum atomic E-state index is 2.40. The molecule has 0 bridgehead atoms. The number of hydrogen-bond acceptors (Lipinski definition) is 0. The molecule has 0 fully saturated rings. The molecule has 2 aromatic rings. The van der Waals surface area contributed by atoms with Crippen molar-refractivity contribution in [3.63, 3.8) is 0 Å². The highest BCUT2D eigenvalue weighted by atomic mass is 14.9. The Morgan fingerprint density at radius 2 is 1.38 bits per heavy atom. The number of pyridine rings is 1. The zero-order chi connectivity index (χ0) is 14.9. The summed E-state index contributed by atoms with van der Waals surface area (Å²) in [5.74, 6) is 0. The molecule has 112 valence electrons. The van der Waals surface area contributed by atoms with Crippen LogP contribution in [0.25, 0.3) is 0 Å². The molecule has 0 saturated carbocycles. The van der Waals surface area contributed by atoms with Crippen LogP contribution in [0.15, 0.2) is 48.8 Å². The molecule has 0 spiro atoms. The molecular weight excluding hydrogens is 254 g/mol. The van der Waals surface area contributed by atoms with Crippen molar-refractivity contribution in [2.75, 3.05) is 0 Å². The van der Waals surface area contributed by atoms with Crippen molar-refractivity contribution in [2.24, 2.45) is 0 Å². The Bertz CT molecular complexity index is 507. The molecule has 0 N–H and O–H groups in total. The van der Waals surface area contributed by atoms with Crippen molar-refractivity contribution in [2.45, 2.75) is 58.9 Å². The molecule has 0 unspecified atom stereocenters. The summed E-state index contributed by atoms with van der Waals surface area (Å²) in [6.07, 6.45) is 11.9. The van der Waals surface area contributed by atoms with Gasteiger partial charge < -0.3 is 0 Å². The molecular formula is C20H28N+. The van der Waals surface area contributed by atoms with E-state index in [0.717, 1.165) is 13.0 Å². The Hall–Kier alpha value is -1.63. The van der Waals surface area contributed by atoms with E-state index in [-0.39, 0.29) is 0 Å². The molecule has 1 aromatic carbocycles. The summed E-state index contributed by atoms with van der Waals surface area (Å²) in [5, 5.41) is 0. The van der Waals surface area contributed by atoms with Crippen LogP contribution in [0.2, 0.25) is 0 Å². The predicted molar refractivity (Wildman–Crippen MR) is 89.4 cm³/mol. The van der Waals surface area contributed by atoms with Gasteiger partial charge in [0.05, 0.1) is 0 Å². The average molecular weight is 282 g/mol. The molecule has 0 aliphatic rings. The SMILES string of the molecule is CCCc1cc(CCC)c[n+](CCCc2ccccc2)c1. The van der Waals surface area contributed by atoms with Crippen LogP contribution in [0.1, 0.15) is 49.8 Å². The number of rotatable bonds is 8. The second-order valence-corrected chi connectivity index (χ2v) is 5.88. The first-order chi connectivity index (χ1) is 10.3. The van der Waals surface area contributed by atoms with Gasteiger partial charge in [-0.15, -0.1) is 0 Å². The number of aryl methyl sites for hydroxylation is 4. The van der Waals surface area contributed by atoms with Crippen LogP contribution >= 0.6 is 0 Å². The Morgan fingerprint density at radius 1 is 0.762 bits per heavy atom. The molecule has 2 rings (SSSR count). The highest BCUT2D eigenvalue weighted by molar-refractivity contribution is 5.16. The molecule has 21 heavy (non-hydrogen) atoms. The standard InChI is InChI=1S/C20H28N/c1-3-9-19-15-20(10-4-2)17-21(16-19)14-8-13-18-11-6-5-7-12-18/h5-7,11-12,15-17H,3-4,8-10,13-14H2,1-2H3/q+1. The molecule has 1 heterocycles. The first kappa shape index (κ1) is 15.8. The van der Waals surface area contributed by atoms with E-state index >= 15 is 0 Å². The second kappa shape index (κ2) is 8.61. The molecule has 0 amide bonds. The van der Waals surface area contributed by atoms with Gasteiger partial charge in [0, 0.05) is 17.5 Å². The smallest absolute Gasteiger partial charge is 0.171 e. The Kier molecular flexibility index (Phi) is 6.46. The van der Waals surface area contributed by atoms with Crippen LogP contribution in [-0.4, -0.2) is 0 Å². The van der Waals surface area contributed by atoms with Gasteiger partial charge in [0.15, 0.2) is 12.4 Å². The number of benzene rings is 1. The van der Waals surface area contributed by atoms with Crippen LogP contribution < -0.4 is 4.57 Å². The maximum absolute atomic E-state index is 2.40. The quantitative estimate of drug-likeness (QED) is 0.627. The van der Waals surface area contributed by atoms with Gasteiger partial charge in [-0.05, 0) is 30.9 Å². The van der Waals surface area contributed by atoms with Crippen molar-refractivity contribution in [3.8, 4) is 0 Å². The molecule has 1 heteroatoms. The van der Waals surface area contributed by atoms with Crippen LogP contribution in [-0.2, 0) is 25.8 Å². The molecule has 0 aliphatic carbocycles. The van der Waals surface area contributed by atoms with E-state index < -0.39 is 0 Å². The van der Waals surface area contributed by atoms with Crippen LogP contribution in [0, 0.1) is 0 Å². The van der Waals surface area contributed by atoms with E-state index in [9.17, 15) is 0 Å². The van der Waals surface area contributed by atoms with Crippen molar-refractivity contribution >= 4 is 0 Å². The van der Waals surface area contributed by atoms with Crippen molar-refractivity contribution in [1.29, 1.82) is 0 Å². The van der Waals surface area contributed by atoms with Crippen LogP contribution in [0.5, 0.6) is 0 Å². The lowest BCUT2D eigenvalue weighted by molar-refractivity contribution is -0.698. The minimum atomic E-state index is 1.11. The van der Waals surface area contributed by atoms with Gasteiger partial charge in [-0.3, -0.25) is 0 Å². The fourth-order valence-electron chi connectivity index (χ4n) is 2.87. The third-order valence-electron chi connectivity index (χ3n) is 3.84. The van der Waals surface area contributed by atoms with E-state index in [2.05, 4.69) is 67.2 Å². The van der Waals surface area contributed by atoms with Crippen LogP contribution in [0.4, 0.5) is 0 Å². The molecule has 1 nitrogen and oxygen atoms in total. The Morgan fingerprint density at radius 3 is 1.95 bits per heavy atom. The average Bonchev–Trinajstić information content (AvgIpc) is 2.49. The third-order valence-corrected chi connectivity index (χ3v) is 3.84. The van der Waals surface area contributed by atoms with Crippen molar-refractivity contribution in [3.05, 3.63) is 65.5 Å². The fourth-order valence-corrected chi connectivity index (χ4v) is 2.87. The van der Waals surface area contributed by atoms with Crippen molar-refractivity contribution < 1.29 is 4.57 Å². The lowest BCUT2D eigenvalue weighted by Gasteiger charge is -2.05. The summed E-state index contributed by atoms with van der Waals surface area (Å²) in [5.41, 5.74) is 4.42. The summed E-state index contributed by atoms with van der Waals surface area (Å²) < 4.78 is 2.40. The monoisotopic (exact) mass is 282 g/mol. The third kappa shape index (κ3) is 5.34. The zero-order valence-corrected chi connectivity index (χ0v) is 13.5. The van der Waals surface area contributed by atoms with E-state index in [1.807, 2.05) is 0 Å². The van der Waals surface area contributed by atoms with E-state index in [4.69, 9.17) is 0 Å². The minimum Gasteiger partial charge on any atom is -0.205 e. The minimum absolute atomic E-state index is 1.11. The van der Waals surface area contributed by atoms with E-state index in [1.54, 1.807) is 0 Å². The summed E-state index contributed by atoms with van der Waals surface area (Å²) in [6.45, 7) is 5.63. The highest BCUT2D eigenvalue weighted by Crippen LogP contribution is 2.08. The Labute approximate surface area is 129 Å². The lowest BCUT2D eigenvalue weighted by atomic mass is 10.1. The molecule has 0 saturated heterocycles. The predicted octanol–water partition coefficient (Wildman–Crippen LogP) is 4.51. The largest absolute Gasteiger partial charge is 0.205 e. The fraction of sp³-hybridized carbons (Fsp3) is 0.450. The number of nitrogens with zero attached hydrogens (tertiary/aromatic N) is 1. The summed E-state index contributed by atoms with van der Waals surface area (Å²) in [6, 6.07) is 13.2. The van der Waals surface area contributed by atoms with E-state index in [1.165, 1.54) is 48.8 Å². The van der Waals surface area contributed by atoms with Crippen molar-refractivity contribution in [1.82, 2.24) is 0 Å². The first-order valence-corrected chi connectivity index (χ1v) is 8.37. The summed E-state index contributed by atoms with van der Waals surface area (Å²) in [4.78, 5) is 0. The van der Waals surface area contributed by atoms with Gasteiger partial charge in [-0.2, -0.15) is 0 Å². The summed E-state index contributed by atoms with van der Waals surface area (Å²) >= 11 is 0. The van der Waals surface area contributed by atoms with Gasteiger partial charge in [0.25, 0.3) is 0 Å². The van der Waals surface area contributed by atoms with Gasteiger partial charge in [0.2, 0.25) is 0 Å². The normalized spacial score (nSPS) is 10.8. The van der Waals surface area contributed by atoms with Crippen LogP contribution in [0.3, 0.4) is 0 Å².